The van der Waals surface area contributed by atoms with E-state index in [1.807, 2.05) is 32.9 Å². The zero-order chi connectivity index (χ0) is 25.3. The molecule has 2 atom stereocenters. The molecule has 0 spiro atoms. The zero-order valence-corrected chi connectivity index (χ0v) is 20.7. The predicted molar refractivity (Wildman–Crippen MR) is 124 cm³/mol. The van der Waals surface area contributed by atoms with Gasteiger partial charge in [-0.25, -0.2) is 0 Å². The number of alkyl halides is 3. The van der Waals surface area contributed by atoms with Crippen molar-refractivity contribution in [2.75, 3.05) is 0 Å². The van der Waals surface area contributed by atoms with Crippen LogP contribution >= 0.6 is 11.6 Å². The number of fused-ring (bicyclic) bond motifs is 1. The van der Waals surface area contributed by atoms with E-state index in [1.165, 1.54) is 12.1 Å². The van der Waals surface area contributed by atoms with Crippen molar-refractivity contribution in [2.45, 2.75) is 63.9 Å². The molecule has 0 bridgehead atoms. The summed E-state index contributed by atoms with van der Waals surface area (Å²) < 4.78 is 65.9. The highest BCUT2D eigenvalue weighted by molar-refractivity contribution is 7.88. The van der Waals surface area contributed by atoms with Crippen LogP contribution in [0.15, 0.2) is 42.5 Å². The monoisotopic (exact) mass is 517 g/mol. The summed E-state index contributed by atoms with van der Waals surface area (Å²) in [4.78, 5) is 12.7. The van der Waals surface area contributed by atoms with Gasteiger partial charge in [0, 0.05) is 23.4 Å². The topological polar surface area (TPSA) is 72.5 Å². The van der Waals surface area contributed by atoms with Crippen LogP contribution in [0.25, 0.3) is 0 Å². The number of nitrogens with one attached hydrogen (secondary N) is 1. The molecule has 0 saturated carbocycles. The lowest BCUT2D eigenvalue weighted by molar-refractivity contribution is -0.123. The Labute approximate surface area is 202 Å². The van der Waals surface area contributed by atoms with Crippen LogP contribution in [0.1, 0.15) is 56.2 Å². The van der Waals surface area contributed by atoms with Crippen molar-refractivity contribution in [3.05, 3.63) is 64.2 Å². The van der Waals surface area contributed by atoms with Crippen molar-refractivity contribution in [2.24, 2.45) is 5.41 Å². The summed E-state index contributed by atoms with van der Waals surface area (Å²) in [7, 11) is -5.80. The fourth-order valence-electron chi connectivity index (χ4n) is 4.14. The van der Waals surface area contributed by atoms with Crippen LogP contribution in [0.3, 0.4) is 0 Å². The summed E-state index contributed by atoms with van der Waals surface area (Å²) in [6.45, 7) is 5.87. The molecule has 0 radical (unpaired) electrons. The van der Waals surface area contributed by atoms with E-state index in [1.54, 1.807) is 18.2 Å². The summed E-state index contributed by atoms with van der Waals surface area (Å²) in [5, 5.41) is 3.65. The van der Waals surface area contributed by atoms with Gasteiger partial charge in [0.15, 0.2) is 0 Å². The maximum absolute atomic E-state index is 12.8. The maximum Gasteiger partial charge on any atom is 0.534 e. The molecule has 0 fully saturated rings. The largest absolute Gasteiger partial charge is 0.534 e. The second kappa shape index (κ2) is 9.77. The Bertz CT molecular complexity index is 1140. The first-order valence-electron chi connectivity index (χ1n) is 10.8. The minimum Gasteiger partial charge on any atom is -0.376 e. The van der Waals surface area contributed by atoms with E-state index in [2.05, 4.69) is 9.50 Å². The number of hydrogen-bond donors (Lipinski definition) is 1. The number of halogens is 4. The summed E-state index contributed by atoms with van der Waals surface area (Å²) in [5.41, 5.74) is -3.30. The summed E-state index contributed by atoms with van der Waals surface area (Å²) in [6.07, 6.45) is 2.01. The van der Waals surface area contributed by atoms with Crippen molar-refractivity contribution >= 4 is 27.6 Å². The Kier molecular flexibility index (Phi) is 7.57. The highest BCUT2D eigenvalue weighted by atomic mass is 35.5. The quantitative estimate of drug-likeness (QED) is 0.390. The third-order valence-corrected chi connectivity index (χ3v) is 6.85. The summed E-state index contributed by atoms with van der Waals surface area (Å²) in [6, 6.07) is 11.0. The average Bonchev–Trinajstić information content (AvgIpc) is 2.69. The van der Waals surface area contributed by atoms with Crippen molar-refractivity contribution in [1.82, 2.24) is 5.32 Å². The Morgan fingerprint density at radius 2 is 1.76 bits per heavy atom. The average molecular weight is 518 g/mol. The van der Waals surface area contributed by atoms with E-state index in [4.69, 9.17) is 11.6 Å². The van der Waals surface area contributed by atoms with Crippen molar-refractivity contribution in [1.29, 1.82) is 0 Å². The second-order valence-corrected chi connectivity index (χ2v) is 11.7. The molecular weight excluding hydrogens is 491 g/mol. The van der Waals surface area contributed by atoms with E-state index in [9.17, 15) is 26.4 Å². The molecule has 0 aromatic heterocycles. The normalized spacial score (nSPS) is 18.8. The number of hydrogen-bond acceptors (Lipinski definition) is 4. The van der Waals surface area contributed by atoms with Gasteiger partial charge < -0.3 is 9.50 Å². The first-order chi connectivity index (χ1) is 15.6. The molecule has 0 aliphatic heterocycles. The molecule has 2 unspecified atom stereocenters. The number of rotatable bonds is 6. The third kappa shape index (κ3) is 6.66. The highest BCUT2D eigenvalue weighted by Crippen LogP contribution is 2.38. The third-order valence-electron chi connectivity index (χ3n) is 5.62. The van der Waals surface area contributed by atoms with Gasteiger partial charge in [-0.2, -0.15) is 21.6 Å². The SMILES string of the molecule is CC(C)(C)CC(=O)NC1CCc2ccc(OS(=O)(=O)C(F)(F)F)cc2C1Cc1ccc(Cl)cc1. The van der Waals surface area contributed by atoms with E-state index < -0.39 is 21.4 Å². The predicted octanol–water partition coefficient (Wildman–Crippen LogP) is 5.76. The van der Waals surface area contributed by atoms with Crippen molar-refractivity contribution in [3.63, 3.8) is 0 Å². The molecule has 2 aromatic rings. The molecule has 186 valence electrons. The molecule has 5 nitrogen and oxygen atoms in total. The molecule has 1 aliphatic rings. The van der Waals surface area contributed by atoms with Gasteiger partial charge in [0.1, 0.15) is 5.75 Å². The lowest BCUT2D eigenvalue weighted by Crippen LogP contribution is -2.43. The standard InChI is InChI=1S/C24H27ClF3NO4S/c1-23(2,3)14-22(30)29-21-11-7-16-6-10-18(33-34(31,32)24(26,27)28)13-19(16)20(21)12-15-4-8-17(25)9-5-15/h4-6,8-10,13,20-21H,7,11-12,14H2,1-3H3,(H,29,30). The Morgan fingerprint density at radius 1 is 1.12 bits per heavy atom. The summed E-state index contributed by atoms with van der Waals surface area (Å²) >= 11 is 5.99. The van der Waals surface area contributed by atoms with Gasteiger partial charge in [0.05, 0.1) is 0 Å². The van der Waals surface area contributed by atoms with E-state index in [0.29, 0.717) is 36.3 Å². The van der Waals surface area contributed by atoms with E-state index >= 15 is 0 Å². The molecule has 1 aliphatic carbocycles. The van der Waals surface area contributed by atoms with Crippen LogP contribution in [0.2, 0.25) is 5.02 Å². The molecule has 34 heavy (non-hydrogen) atoms. The van der Waals surface area contributed by atoms with E-state index in [0.717, 1.165) is 11.1 Å². The van der Waals surface area contributed by atoms with Gasteiger partial charge in [0.2, 0.25) is 5.91 Å². The van der Waals surface area contributed by atoms with Gasteiger partial charge in [0.25, 0.3) is 0 Å². The number of benzene rings is 2. The van der Waals surface area contributed by atoms with Crippen LogP contribution in [-0.4, -0.2) is 25.9 Å². The fourth-order valence-corrected chi connectivity index (χ4v) is 4.72. The molecule has 3 rings (SSSR count). The molecule has 0 heterocycles. The van der Waals surface area contributed by atoms with Gasteiger partial charge in [-0.3, -0.25) is 4.79 Å². The second-order valence-electron chi connectivity index (χ2n) is 9.73. The van der Waals surface area contributed by atoms with Crippen molar-refractivity contribution in [3.8, 4) is 5.75 Å². The number of amides is 1. The van der Waals surface area contributed by atoms with Crippen LogP contribution in [0.4, 0.5) is 13.2 Å². The maximum atomic E-state index is 12.8. The number of carbonyl (C=O) groups excluding carboxylic acids is 1. The van der Waals surface area contributed by atoms with Crippen LogP contribution in [0, 0.1) is 5.41 Å². The van der Waals surface area contributed by atoms with Crippen LogP contribution < -0.4 is 9.50 Å². The Balaban J connectivity index is 1.96. The minimum atomic E-state index is -5.80. The van der Waals surface area contributed by atoms with Gasteiger partial charge in [-0.15, -0.1) is 0 Å². The van der Waals surface area contributed by atoms with E-state index in [-0.39, 0.29) is 23.3 Å². The molecule has 0 saturated heterocycles. The van der Waals surface area contributed by atoms with Crippen molar-refractivity contribution < 1.29 is 30.6 Å². The molecule has 10 heteroatoms. The van der Waals surface area contributed by atoms with Crippen LogP contribution in [-0.2, 0) is 27.8 Å². The number of aryl methyl sites for hydroxylation is 1. The lowest BCUT2D eigenvalue weighted by atomic mass is 9.76. The Hall–Kier alpha value is -2.26. The number of carbonyl (C=O) groups is 1. The fraction of sp³-hybridized carbons (Fsp3) is 0.458. The Morgan fingerprint density at radius 3 is 2.35 bits per heavy atom. The minimum absolute atomic E-state index is 0.117. The molecular formula is C24H27ClF3NO4S. The zero-order valence-electron chi connectivity index (χ0n) is 19.1. The molecule has 1 N–H and O–H groups in total. The molecule has 2 aromatic carbocycles. The lowest BCUT2D eigenvalue weighted by Gasteiger charge is -2.35. The first-order valence-corrected chi connectivity index (χ1v) is 12.6. The van der Waals surface area contributed by atoms with Gasteiger partial charge in [-0.05, 0) is 65.6 Å². The molecule has 1 amide bonds. The highest BCUT2D eigenvalue weighted by Gasteiger charge is 2.48. The van der Waals surface area contributed by atoms with Crippen LogP contribution in [0.5, 0.6) is 5.75 Å². The summed E-state index contributed by atoms with van der Waals surface area (Å²) in [5.74, 6) is -0.834. The smallest absolute Gasteiger partial charge is 0.376 e. The van der Waals surface area contributed by atoms with Gasteiger partial charge in [-0.1, -0.05) is 50.6 Å². The van der Waals surface area contributed by atoms with Gasteiger partial charge >= 0.3 is 15.6 Å². The first kappa shape index (κ1) is 26.3.